The molecule has 0 fully saturated rings. The molecular weight excluding hydrogens is 224 g/mol. The molecule has 5 heteroatoms. The Morgan fingerprint density at radius 1 is 1.47 bits per heavy atom. The zero-order chi connectivity index (χ0) is 12.3. The van der Waals surface area contributed by atoms with Crippen molar-refractivity contribution >= 4 is 5.97 Å². The zero-order valence-corrected chi connectivity index (χ0v) is 9.51. The van der Waals surface area contributed by atoms with Gasteiger partial charge in [0.15, 0.2) is 11.5 Å². The third-order valence-electron chi connectivity index (χ3n) is 2.43. The molecule has 1 aromatic rings. The minimum Gasteiger partial charge on any atom is -0.481 e. The Bertz CT molecular complexity index is 415. The van der Waals surface area contributed by atoms with Crippen LogP contribution in [0.1, 0.15) is 18.9 Å². The standard InChI is InChI=1S/C12H14O5/c1-8(4-12(13)14)15-6-9-2-3-10-11(5-9)17-7-16-10/h2-3,5,8H,4,6-7H2,1H3,(H,13,14)/t8-/m0/s1. The second kappa shape index (κ2) is 5.05. The third-order valence-corrected chi connectivity index (χ3v) is 2.43. The summed E-state index contributed by atoms with van der Waals surface area (Å²) >= 11 is 0. The van der Waals surface area contributed by atoms with E-state index in [0.717, 1.165) is 11.3 Å². The second-order valence-electron chi connectivity index (χ2n) is 3.91. The van der Waals surface area contributed by atoms with E-state index in [1.807, 2.05) is 18.2 Å². The number of rotatable bonds is 5. The van der Waals surface area contributed by atoms with E-state index < -0.39 is 5.97 Å². The summed E-state index contributed by atoms with van der Waals surface area (Å²) in [6.07, 6.45) is -0.303. The van der Waals surface area contributed by atoms with Crippen LogP contribution in [-0.2, 0) is 16.1 Å². The number of benzene rings is 1. The van der Waals surface area contributed by atoms with Gasteiger partial charge in [0.2, 0.25) is 6.79 Å². The Kier molecular flexibility index (Phi) is 3.49. The van der Waals surface area contributed by atoms with Crippen LogP contribution >= 0.6 is 0 Å². The van der Waals surface area contributed by atoms with Gasteiger partial charge in [0, 0.05) is 0 Å². The monoisotopic (exact) mass is 238 g/mol. The van der Waals surface area contributed by atoms with Crippen LogP contribution in [0.4, 0.5) is 0 Å². The molecule has 1 aliphatic heterocycles. The quantitative estimate of drug-likeness (QED) is 0.847. The van der Waals surface area contributed by atoms with Gasteiger partial charge in [-0.3, -0.25) is 4.79 Å². The number of carbonyl (C=O) groups is 1. The Morgan fingerprint density at radius 2 is 2.24 bits per heavy atom. The van der Waals surface area contributed by atoms with E-state index in [1.54, 1.807) is 6.92 Å². The SMILES string of the molecule is C[C@@H](CC(=O)O)OCc1ccc2c(c1)OCO2. The highest BCUT2D eigenvalue weighted by atomic mass is 16.7. The summed E-state index contributed by atoms with van der Waals surface area (Å²) in [5, 5.41) is 8.59. The van der Waals surface area contributed by atoms with Gasteiger partial charge in [-0.05, 0) is 24.6 Å². The molecule has 0 saturated carbocycles. The first-order valence-corrected chi connectivity index (χ1v) is 5.37. The number of aliphatic carboxylic acids is 1. The van der Waals surface area contributed by atoms with Gasteiger partial charge in [-0.25, -0.2) is 0 Å². The molecule has 0 bridgehead atoms. The number of hydrogen-bond donors (Lipinski definition) is 1. The first kappa shape index (κ1) is 11.7. The molecule has 1 N–H and O–H groups in total. The smallest absolute Gasteiger partial charge is 0.305 e. The molecule has 0 aliphatic carbocycles. The van der Waals surface area contributed by atoms with Crippen LogP contribution in [0.15, 0.2) is 18.2 Å². The summed E-state index contributed by atoms with van der Waals surface area (Å²) in [4.78, 5) is 10.5. The van der Waals surface area contributed by atoms with E-state index in [0.29, 0.717) is 12.4 Å². The fourth-order valence-corrected chi connectivity index (χ4v) is 1.57. The predicted octanol–water partition coefficient (Wildman–Crippen LogP) is 1.80. The van der Waals surface area contributed by atoms with Crippen LogP contribution in [0, 0.1) is 0 Å². The lowest BCUT2D eigenvalue weighted by atomic mass is 10.2. The highest BCUT2D eigenvalue weighted by molar-refractivity contribution is 5.67. The lowest BCUT2D eigenvalue weighted by Gasteiger charge is -2.10. The molecule has 0 amide bonds. The summed E-state index contributed by atoms with van der Waals surface area (Å²) in [7, 11) is 0. The molecule has 1 atom stereocenters. The lowest BCUT2D eigenvalue weighted by molar-refractivity contribution is -0.140. The van der Waals surface area contributed by atoms with Crippen molar-refractivity contribution in [3.8, 4) is 11.5 Å². The molecule has 1 aliphatic rings. The Labute approximate surface area is 98.9 Å². The second-order valence-corrected chi connectivity index (χ2v) is 3.91. The van der Waals surface area contributed by atoms with Gasteiger partial charge in [0.05, 0.1) is 19.1 Å². The van der Waals surface area contributed by atoms with Crippen LogP contribution in [-0.4, -0.2) is 24.0 Å². The fourth-order valence-electron chi connectivity index (χ4n) is 1.57. The first-order chi connectivity index (χ1) is 8.15. The van der Waals surface area contributed by atoms with Crippen LogP contribution in [0.25, 0.3) is 0 Å². The van der Waals surface area contributed by atoms with E-state index in [2.05, 4.69) is 0 Å². The number of hydrogen-bond acceptors (Lipinski definition) is 4. The number of carboxylic acids is 1. The summed E-state index contributed by atoms with van der Waals surface area (Å²) in [5.74, 6) is 0.576. The molecule has 0 spiro atoms. The molecule has 1 aromatic carbocycles. The highest BCUT2D eigenvalue weighted by Crippen LogP contribution is 2.32. The van der Waals surface area contributed by atoms with Gasteiger partial charge >= 0.3 is 5.97 Å². The lowest BCUT2D eigenvalue weighted by Crippen LogP contribution is -2.13. The number of fused-ring (bicyclic) bond motifs is 1. The van der Waals surface area contributed by atoms with Crippen molar-refractivity contribution in [1.82, 2.24) is 0 Å². The van der Waals surface area contributed by atoms with E-state index in [1.165, 1.54) is 0 Å². The fraction of sp³-hybridized carbons (Fsp3) is 0.417. The Hall–Kier alpha value is -1.75. The molecule has 1 heterocycles. The molecule has 17 heavy (non-hydrogen) atoms. The summed E-state index contributed by atoms with van der Waals surface area (Å²) in [5.41, 5.74) is 0.937. The molecular formula is C12H14O5. The first-order valence-electron chi connectivity index (χ1n) is 5.37. The van der Waals surface area contributed by atoms with Crippen LogP contribution in [0.2, 0.25) is 0 Å². The van der Waals surface area contributed by atoms with Gasteiger partial charge < -0.3 is 19.3 Å². The Morgan fingerprint density at radius 3 is 3.00 bits per heavy atom. The van der Waals surface area contributed by atoms with E-state index in [4.69, 9.17) is 19.3 Å². The number of carboxylic acid groups (broad SMARTS) is 1. The van der Waals surface area contributed by atoms with Crippen molar-refractivity contribution in [1.29, 1.82) is 0 Å². The predicted molar refractivity (Wildman–Crippen MR) is 59.1 cm³/mol. The van der Waals surface area contributed by atoms with E-state index in [-0.39, 0.29) is 19.3 Å². The summed E-state index contributed by atoms with van der Waals surface area (Å²) < 4.78 is 15.9. The van der Waals surface area contributed by atoms with Gasteiger partial charge in [0.1, 0.15) is 0 Å². The summed E-state index contributed by atoms with van der Waals surface area (Å²) in [6, 6.07) is 5.54. The van der Waals surface area contributed by atoms with Crippen molar-refractivity contribution in [3.05, 3.63) is 23.8 Å². The molecule has 0 unspecified atom stereocenters. The maximum absolute atomic E-state index is 10.5. The average Bonchev–Trinajstić information content (AvgIpc) is 2.72. The molecule has 0 radical (unpaired) electrons. The van der Waals surface area contributed by atoms with Gasteiger partial charge in [-0.2, -0.15) is 0 Å². The van der Waals surface area contributed by atoms with Gasteiger partial charge in [-0.15, -0.1) is 0 Å². The van der Waals surface area contributed by atoms with Crippen molar-refractivity contribution in [2.75, 3.05) is 6.79 Å². The molecule has 5 nitrogen and oxygen atoms in total. The molecule has 0 aromatic heterocycles. The minimum atomic E-state index is -0.858. The van der Waals surface area contributed by atoms with E-state index >= 15 is 0 Å². The molecule has 0 saturated heterocycles. The normalized spacial score (nSPS) is 14.6. The van der Waals surface area contributed by atoms with Crippen LogP contribution in [0.3, 0.4) is 0 Å². The summed E-state index contributed by atoms with van der Waals surface area (Å²) in [6.45, 7) is 2.35. The van der Waals surface area contributed by atoms with Crippen LogP contribution in [0.5, 0.6) is 11.5 Å². The topological polar surface area (TPSA) is 65.0 Å². The van der Waals surface area contributed by atoms with E-state index in [9.17, 15) is 4.79 Å². The van der Waals surface area contributed by atoms with Crippen molar-refractivity contribution in [2.45, 2.75) is 26.1 Å². The molecule has 2 rings (SSSR count). The number of ether oxygens (including phenoxy) is 3. The van der Waals surface area contributed by atoms with Crippen molar-refractivity contribution < 1.29 is 24.1 Å². The van der Waals surface area contributed by atoms with Gasteiger partial charge in [0.25, 0.3) is 0 Å². The highest BCUT2D eigenvalue weighted by Gasteiger charge is 2.14. The van der Waals surface area contributed by atoms with Crippen molar-refractivity contribution in [3.63, 3.8) is 0 Å². The maximum atomic E-state index is 10.5. The third kappa shape index (κ3) is 3.10. The molecule has 92 valence electrons. The minimum absolute atomic E-state index is 0.00452. The van der Waals surface area contributed by atoms with Crippen molar-refractivity contribution in [2.24, 2.45) is 0 Å². The maximum Gasteiger partial charge on any atom is 0.305 e. The Balaban J connectivity index is 1.89. The largest absolute Gasteiger partial charge is 0.481 e. The average molecular weight is 238 g/mol. The van der Waals surface area contributed by atoms with Gasteiger partial charge in [-0.1, -0.05) is 6.07 Å². The van der Waals surface area contributed by atoms with Crippen LogP contribution < -0.4 is 9.47 Å². The zero-order valence-electron chi connectivity index (χ0n) is 9.51.